The number of aromatic nitrogens is 2. The van der Waals surface area contributed by atoms with Gasteiger partial charge in [-0.15, -0.1) is 0 Å². The van der Waals surface area contributed by atoms with Crippen molar-refractivity contribution < 1.29 is 26.7 Å². The number of rotatable bonds is 5. The summed E-state index contributed by atoms with van der Waals surface area (Å²) < 4.78 is 76.5. The third-order valence-electron chi connectivity index (χ3n) is 8.26. The third-order valence-corrected chi connectivity index (χ3v) is 8.44. The number of nitrogens with zero attached hydrogens (tertiary/aromatic N) is 3. The van der Waals surface area contributed by atoms with Crippen LogP contribution >= 0.6 is 11.6 Å². The largest absolute Gasteiger partial charge is 0.486 e. The monoisotopic (exact) mass is 574 g/mol. The van der Waals surface area contributed by atoms with Crippen LogP contribution in [0.3, 0.4) is 0 Å². The second-order valence-electron chi connectivity index (χ2n) is 11.4. The number of nitrogens with one attached hydrogen (secondary N) is 2. The van der Waals surface area contributed by atoms with Gasteiger partial charge in [0.2, 0.25) is 5.28 Å². The standard InChI is InChI=1S/C26H32ClF5N6O/c1-25(2)8-15(36-23-20(29)11-35-24(27)37-23)7-16-5-13(12-38(16)25)17-9-34-10-19(28)22(17)39-21-4-3-14(33)6-18(21)26(30,31)32/h3-4,6,11,13,15-17,19,22,34H,5,7-10,12,33H2,1-2H3,(H,35,36,37)/t13?,15-,16+,17?,19+,22+/m1/s1. The molecule has 5 rings (SSSR count). The molecule has 0 saturated carbocycles. The van der Waals surface area contributed by atoms with E-state index in [0.717, 1.165) is 12.3 Å². The molecule has 0 bridgehead atoms. The van der Waals surface area contributed by atoms with Crippen LogP contribution in [0.4, 0.5) is 33.5 Å². The molecular formula is C26H32ClF5N6O. The minimum atomic E-state index is -4.69. The van der Waals surface area contributed by atoms with Crippen molar-refractivity contribution in [1.29, 1.82) is 0 Å². The first-order chi connectivity index (χ1) is 18.3. The molecule has 0 amide bonds. The van der Waals surface area contributed by atoms with E-state index in [1.807, 2.05) is 0 Å². The van der Waals surface area contributed by atoms with Gasteiger partial charge in [-0.1, -0.05) is 0 Å². The van der Waals surface area contributed by atoms with Gasteiger partial charge in [0.15, 0.2) is 11.6 Å². The molecule has 4 N–H and O–H groups in total. The van der Waals surface area contributed by atoms with E-state index in [4.69, 9.17) is 22.1 Å². The van der Waals surface area contributed by atoms with Crippen molar-refractivity contribution in [2.24, 2.45) is 11.8 Å². The summed E-state index contributed by atoms with van der Waals surface area (Å²) in [6.45, 7) is 5.30. The lowest BCUT2D eigenvalue weighted by Gasteiger charge is -2.48. The highest BCUT2D eigenvalue weighted by atomic mass is 35.5. The minimum Gasteiger partial charge on any atom is -0.486 e. The van der Waals surface area contributed by atoms with Gasteiger partial charge in [0, 0.05) is 48.9 Å². The van der Waals surface area contributed by atoms with E-state index in [1.54, 1.807) is 0 Å². The number of nitrogens with two attached hydrogens (primary N) is 1. The lowest BCUT2D eigenvalue weighted by molar-refractivity contribution is -0.140. The van der Waals surface area contributed by atoms with Crippen LogP contribution in [0.15, 0.2) is 24.4 Å². The predicted molar refractivity (Wildman–Crippen MR) is 138 cm³/mol. The van der Waals surface area contributed by atoms with Crippen LogP contribution in [-0.2, 0) is 6.18 Å². The van der Waals surface area contributed by atoms with Gasteiger partial charge in [0.05, 0.1) is 11.8 Å². The number of piperidine rings is 2. The van der Waals surface area contributed by atoms with E-state index >= 15 is 4.39 Å². The first-order valence-corrected chi connectivity index (χ1v) is 13.4. The quantitative estimate of drug-likeness (QED) is 0.265. The molecule has 214 valence electrons. The molecule has 3 aliphatic rings. The van der Waals surface area contributed by atoms with Crippen LogP contribution in [0.25, 0.3) is 0 Å². The number of fused-ring (bicyclic) bond motifs is 1. The summed E-state index contributed by atoms with van der Waals surface area (Å²) in [6, 6.07) is 3.33. The lowest BCUT2D eigenvalue weighted by atomic mass is 9.80. The summed E-state index contributed by atoms with van der Waals surface area (Å²) >= 11 is 5.86. The molecule has 2 aromatic rings. The van der Waals surface area contributed by atoms with Crippen molar-refractivity contribution in [3.8, 4) is 5.75 Å². The number of anilines is 2. The van der Waals surface area contributed by atoms with Crippen LogP contribution in [-0.4, -0.2) is 64.4 Å². The van der Waals surface area contributed by atoms with E-state index < -0.39 is 35.6 Å². The Hall–Kier alpha value is -2.44. The maximum Gasteiger partial charge on any atom is 0.420 e. The fraction of sp³-hybridized carbons (Fsp3) is 0.615. The fourth-order valence-electron chi connectivity index (χ4n) is 6.61. The Morgan fingerprint density at radius 2 is 2.00 bits per heavy atom. The number of nitrogen functional groups attached to an aromatic ring is 1. The zero-order chi connectivity index (χ0) is 28.1. The molecular weight excluding hydrogens is 543 g/mol. The van der Waals surface area contributed by atoms with Crippen molar-refractivity contribution in [3.05, 3.63) is 41.1 Å². The molecule has 6 atom stereocenters. The Balaban J connectivity index is 1.34. The van der Waals surface area contributed by atoms with E-state index in [-0.39, 0.29) is 52.8 Å². The van der Waals surface area contributed by atoms with Gasteiger partial charge in [-0.3, -0.25) is 4.90 Å². The highest BCUT2D eigenvalue weighted by Gasteiger charge is 2.51. The van der Waals surface area contributed by atoms with Crippen LogP contribution in [0.1, 0.15) is 38.7 Å². The smallest absolute Gasteiger partial charge is 0.420 e. The summed E-state index contributed by atoms with van der Waals surface area (Å²) in [5.41, 5.74) is 4.27. The highest BCUT2D eigenvalue weighted by Crippen LogP contribution is 2.45. The minimum absolute atomic E-state index is 0.00188. The molecule has 0 spiro atoms. The molecule has 1 aromatic carbocycles. The molecule has 1 aromatic heterocycles. The van der Waals surface area contributed by atoms with Gasteiger partial charge in [-0.25, -0.2) is 13.8 Å². The Morgan fingerprint density at radius 1 is 1.23 bits per heavy atom. The number of halogens is 6. The second kappa shape index (κ2) is 10.5. The summed E-state index contributed by atoms with van der Waals surface area (Å²) in [5.74, 6) is -1.32. The van der Waals surface area contributed by atoms with E-state index in [2.05, 4.69) is 39.3 Å². The van der Waals surface area contributed by atoms with Crippen molar-refractivity contribution >= 4 is 23.1 Å². The van der Waals surface area contributed by atoms with Gasteiger partial charge >= 0.3 is 6.18 Å². The maximum absolute atomic E-state index is 15.3. The topological polar surface area (TPSA) is 88.3 Å². The lowest BCUT2D eigenvalue weighted by Crippen LogP contribution is -2.56. The van der Waals surface area contributed by atoms with E-state index in [1.165, 1.54) is 12.1 Å². The molecule has 0 aliphatic carbocycles. The SMILES string of the molecule is CC1(C)C[C@H](Nc2nc(Cl)ncc2F)C[C@@H]2CC(C3CNC[C@H](F)[C@H]3Oc3ccc(N)cc3C(F)(F)F)CN21. The van der Waals surface area contributed by atoms with Crippen molar-refractivity contribution in [3.63, 3.8) is 0 Å². The number of alkyl halides is 4. The molecule has 13 heteroatoms. The van der Waals surface area contributed by atoms with E-state index in [9.17, 15) is 17.6 Å². The third kappa shape index (κ3) is 5.88. The zero-order valence-electron chi connectivity index (χ0n) is 21.6. The summed E-state index contributed by atoms with van der Waals surface area (Å²) in [6.07, 6.45) is -4.08. The molecule has 7 nitrogen and oxygen atoms in total. The number of benzene rings is 1. The average Bonchev–Trinajstić information content (AvgIpc) is 3.28. The van der Waals surface area contributed by atoms with Crippen LogP contribution in [0.5, 0.6) is 5.75 Å². The average molecular weight is 575 g/mol. The number of hydrogen-bond acceptors (Lipinski definition) is 7. The van der Waals surface area contributed by atoms with Gasteiger partial charge in [-0.05, 0) is 68.8 Å². The Morgan fingerprint density at radius 3 is 2.74 bits per heavy atom. The molecule has 39 heavy (non-hydrogen) atoms. The van der Waals surface area contributed by atoms with Gasteiger partial charge in [0.1, 0.15) is 18.0 Å². The Bertz CT molecular complexity index is 1200. The van der Waals surface area contributed by atoms with E-state index in [0.29, 0.717) is 32.4 Å². The van der Waals surface area contributed by atoms with Crippen LogP contribution < -0.4 is 21.1 Å². The molecule has 2 unspecified atom stereocenters. The van der Waals surface area contributed by atoms with Crippen molar-refractivity contribution in [2.45, 2.75) is 69.2 Å². The van der Waals surface area contributed by atoms with Gasteiger partial charge in [-0.2, -0.15) is 18.2 Å². The molecule has 3 fully saturated rings. The zero-order valence-corrected chi connectivity index (χ0v) is 22.4. The highest BCUT2D eigenvalue weighted by molar-refractivity contribution is 6.28. The fourth-order valence-corrected chi connectivity index (χ4v) is 6.75. The molecule has 0 radical (unpaired) electrons. The number of hydrogen-bond donors (Lipinski definition) is 3. The van der Waals surface area contributed by atoms with Gasteiger partial charge in [0.25, 0.3) is 0 Å². The Labute approximate surface area is 228 Å². The van der Waals surface area contributed by atoms with Crippen LogP contribution in [0.2, 0.25) is 5.28 Å². The summed E-state index contributed by atoms with van der Waals surface area (Å²) in [4.78, 5) is 10.0. The Kier molecular flexibility index (Phi) is 7.58. The summed E-state index contributed by atoms with van der Waals surface area (Å²) in [5, 5.41) is 6.21. The summed E-state index contributed by atoms with van der Waals surface area (Å²) in [7, 11) is 0. The normalized spacial score (nSPS) is 31.1. The number of ether oxygens (including phenoxy) is 1. The maximum atomic E-state index is 15.3. The first-order valence-electron chi connectivity index (χ1n) is 13.0. The predicted octanol–water partition coefficient (Wildman–Crippen LogP) is 4.92. The van der Waals surface area contributed by atoms with Gasteiger partial charge < -0.3 is 21.1 Å². The van der Waals surface area contributed by atoms with Crippen molar-refractivity contribution in [2.75, 3.05) is 30.7 Å². The second-order valence-corrected chi connectivity index (χ2v) is 11.7. The van der Waals surface area contributed by atoms with Crippen LogP contribution in [0, 0.1) is 17.7 Å². The first kappa shape index (κ1) is 28.1. The molecule has 3 aliphatic heterocycles. The molecule has 3 saturated heterocycles. The van der Waals surface area contributed by atoms with Crippen molar-refractivity contribution in [1.82, 2.24) is 20.2 Å². The molecule has 4 heterocycles.